The second-order valence-electron chi connectivity index (χ2n) is 5.10. The van der Waals surface area contributed by atoms with Crippen LogP contribution in [-0.4, -0.2) is 49.6 Å². The van der Waals surface area contributed by atoms with Gasteiger partial charge in [-0.3, -0.25) is 0 Å². The van der Waals surface area contributed by atoms with E-state index in [0.29, 0.717) is 17.9 Å². The van der Waals surface area contributed by atoms with Gasteiger partial charge in [-0.15, -0.1) is 0 Å². The maximum absolute atomic E-state index is 12.4. The summed E-state index contributed by atoms with van der Waals surface area (Å²) < 4.78 is 20.8. The Morgan fingerprint density at radius 3 is 2.33 bits per heavy atom. The lowest BCUT2D eigenvalue weighted by molar-refractivity contribution is 0.0597. The highest BCUT2D eigenvalue weighted by Crippen LogP contribution is 2.29. The number of hydrogen-bond donors (Lipinski definition) is 0. The van der Waals surface area contributed by atoms with E-state index in [4.69, 9.17) is 23.8 Å². The molecule has 1 heterocycles. The summed E-state index contributed by atoms with van der Waals surface area (Å²) in [7, 11) is 4.20. The van der Waals surface area contributed by atoms with Gasteiger partial charge in [-0.05, 0) is 19.9 Å². The highest BCUT2D eigenvalue weighted by atomic mass is 16.6. The molecule has 2 rings (SSSR count). The summed E-state index contributed by atoms with van der Waals surface area (Å²) >= 11 is 0. The Bertz CT molecular complexity index is 816. The van der Waals surface area contributed by atoms with Crippen LogP contribution in [0.5, 0.6) is 23.5 Å². The molecule has 0 amide bonds. The van der Waals surface area contributed by atoms with Crippen molar-refractivity contribution in [2.45, 2.75) is 13.8 Å². The third-order valence-electron chi connectivity index (χ3n) is 3.41. The monoisotopic (exact) mass is 375 g/mol. The van der Waals surface area contributed by atoms with Gasteiger partial charge in [0.05, 0.1) is 33.1 Å². The molecule has 9 heteroatoms. The van der Waals surface area contributed by atoms with Gasteiger partial charge in [0.25, 0.3) is 0 Å². The maximum Gasteiger partial charge on any atom is 0.342 e. The number of methoxy groups -OCH3 is 3. The van der Waals surface area contributed by atoms with Crippen molar-refractivity contribution in [3.8, 4) is 23.5 Å². The first-order valence-corrected chi connectivity index (χ1v) is 8.07. The Hall–Kier alpha value is -3.36. The molecule has 0 bridgehead atoms. The van der Waals surface area contributed by atoms with Crippen LogP contribution in [-0.2, 0) is 9.57 Å². The van der Waals surface area contributed by atoms with Crippen LogP contribution < -0.4 is 14.2 Å². The smallest absolute Gasteiger partial charge is 0.342 e. The van der Waals surface area contributed by atoms with Gasteiger partial charge in [0, 0.05) is 5.56 Å². The predicted molar refractivity (Wildman–Crippen MR) is 96.8 cm³/mol. The lowest BCUT2D eigenvalue weighted by atomic mass is 10.0. The number of hydrogen-bond acceptors (Lipinski definition) is 9. The third-order valence-corrected chi connectivity index (χ3v) is 3.41. The number of esters is 1. The van der Waals surface area contributed by atoms with Crippen molar-refractivity contribution < 1.29 is 28.6 Å². The summed E-state index contributed by atoms with van der Waals surface area (Å²) in [6, 6.07) is 6.47. The molecule has 0 aliphatic rings. The molecular weight excluding hydrogens is 354 g/mol. The number of carbonyl (C=O) groups is 1. The van der Waals surface area contributed by atoms with Crippen molar-refractivity contribution in [1.82, 2.24) is 9.97 Å². The lowest BCUT2D eigenvalue weighted by Gasteiger charge is -2.13. The fraction of sp³-hybridized carbons (Fsp3) is 0.333. The molecule has 0 atom stereocenters. The molecule has 0 unspecified atom stereocenters. The van der Waals surface area contributed by atoms with Crippen LogP contribution in [0.1, 0.15) is 29.8 Å². The van der Waals surface area contributed by atoms with E-state index in [1.807, 2.05) is 6.92 Å². The zero-order valence-electron chi connectivity index (χ0n) is 15.8. The second-order valence-corrected chi connectivity index (χ2v) is 5.10. The molecule has 0 radical (unpaired) electrons. The maximum atomic E-state index is 12.4. The first kappa shape index (κ1) is 20.0. The standard InChI is InChI=1S/C18H21N3O6/c1-6-26-21-11(2)12-8-7-9-13(16(12)17(22)25-5)27-18-19-14(23-3)10-15(20-18)24-4/h7-10H,6H2,1-5H3/b21-11+. The first-order valence-electron chi connectivity index (χ1n) is 8.07. The minimum atomic E-state index is -0.596. The molecular formula is C18H21N3O6. The SMILES string of the molecule is CCO/N=C(\C)c1cccc(Oc2nc(OC)cc(OC)n2)c1C(=O)OC. The zero-order valence-corrected chi connectivity index (χ0v) is 15.8. The predicted octanol–water partition coefficient (Wildman–Crippen LogP) is 2.83. The van der Waals surface area contributed by atoms with E-state index in [0.717, 1.165) is 0 Å². The molecule has 27 heavy (non-hydrogen) atoms. The van der Waals surface area contributed by atoms with Gasteiger partial charge < -0.3 is 23.8 Å². The Balaban J connectivity index is 2.52. The van der Waals surface area contributed by atoms with Crippen LogP contribution in [0.25, 0.3) is 0 Å². The van der Waals surface area contributed by atoms with Crippen LogP contribution in [0.3, 0.4) is 0 Å². The van der Waals surface area contributed by atoms with Crippen molar-refractivity contribution in [1.29, 1.82) is 0 Å². The number of ether oxygens (including phenoxy) is 4. The number of carbonyl (C=O) groups excluding carboxylic acids is 1. The van der Waals surface area contributed by atoms with E-state index in [1.54, 1.807) is 25.1 Å². The van der Waals surface area contributed by atoms with Gasteiger partial charge in [0.1, 0.15) is 17.9 Å². The van der Waals surface area contributed by atoms with Gasteiger partial charge >= 0.3 is 12.0 Å². The summed E-state index contributed by atoms with van der Waals surface area (Å²) in [4.78, 5) is 25.7. The van der Waals surface area contributed by atoms with Gasteiger partial charge in [0.15, 0.2) is 0 Å². The zero-order chi connectivity index (χ0) is 19.8. The Morgan fingerprint density at radius 2 is 1.78 bits per heavy atom. The van der Waals surface area contributed by atoms with Gasteiger partial charge in [-0.2, -0.15) is 9.97 Å². The molecule has 0 fully saturated rings. The highest BCUT2D eigenvalue weighted by molar-refractivity contribution is 6.09. The molecule has 0 spiro atoms. The van der Waals surface area contributed by atoms with E-state index in [1.165, 1.54) is 27.4 Å². The van der Waals surface area contributed by atoms with Crippen molar-refractivity contribution in [2.24, 2.45) is 5.16 Å². The topological polar surface area (TPSA) is 101 Å². The molecule has 9 nitrogen and oxygen atoms in total. The van der Waals surface area contributed by atoms with Crippen LogP contribution in [0.4, 0.5) is 0 Å². The molecule has 144 valence electrons. The molecule has 0 aliphatic heterocycles. The number of rotatable bonds is 8. The number of aromatic nitrogens is 2. The van der Waals surface area contributed by atoms with Crippen molar-refractivity contribution in [3.05, 3.63) is 35.4 Å². The lowest BCUT2D eigenvalue weighted by Crippen LogP contribution is -2.12. The largest absolute Gasteiger partial charge is 0.481 e. The van der Waals surface area contributed by atoms with Gasteiger partial charge in [-0.25, -0.2) is 4.79 Å². The number of benzene rings is 1. The fourth-order valence-corrected chi connectivity index (χ4v) is 2.18. The Morgan fingerprint density at radius 1 is 1.11 bits per heavy atom. The average Bonchev–Trinajstić information content (AvgIpc) is 2.70. The normalized spacial score (nSPS) is 10.9. The molecule has 2 aromatic rings. The molecule has 0 saturated heterocycles. The van der Waals surface area contributed by atoms with Crippen molar-refractivity contribution >= 4 is 11.7 Å². The van der Waals surface area contributed by atoms with E-state index in [9.17, 15) is 4.79 Å². The molecule has 0 saturated carbocycles. The van der Waals surface area contributed by atoms with Crippen LogP contribution in [0, 0.1) is 0 Å². The van der Waals surface area contributed by atoms with Crippen LogP contribution in [0.2, 0.25) is 0 Å². The summed E-state index contributed by atoms with van der Waals surface area (Å²) in [5, 5.41) is 3.98. The van der Waals surface area contributed by atoms with E-state index in [-0.39, 0.29) is 29.1 Å². The van der Waals surface area contributed by atoms with E-state index in [2.05, 4.69) is 15.1 Å². The molecule has 1 aromatic carbocycles. The average molecular weight is 375 g/mol. The Labute approximate surface area is 156 Å². The van der Waals surface area contributed by atoms with Gasteiger partial charge in [-0.1, -0.05) is 17.3 Å². The van der Waals surface area contributed by atoms with E-state index < -0.39 is 5.97 Å². The van der Waals surface area contributed by atoms with E-state index >= 15 is 0 Å². The highest BCUT2D eigenvalue weighted by Gasteiger charge is 2.22. The minimum Gasteiger partial charge on any atom is -0.481 e. The summed E-state index contributed by atoms with van der Waals surface area (Å²) in [6.07, 6.45) is 0. The van der Waals surface area contributed by atoms with Crippen molar-refractivity contribution in [2.75, 3.05) is 27.9 Å². The Kier molecular flexibility index (Phi) is 6.93. The minimum absolute atomic E-state index is 0.0482. The van der Waals surface area contributed by atoms with Gasteiger partial charge in [0.2, 0.25) is 11.8 Å². The fourth-order valence-electron chi connectivity index (χ4n) is 2.18. The summed E-state index contributed by atoms with van der Waals surface area (Å²) in [5.74, 6) is 0.102. The van der Waals surface area contributed by atoms with Crippen molar-refractivity contribution in [3.63, 3.8) is 0 Å². The second kappa shape index (κ2) is 9.37. The number of oxime groups is 1. The summed E-state index contributed by atoms with van der Waals surface area (Å²) in [6.45, 7) is 3.93. The van der Waals surface area contributed by atoms with Crippen LogP contribution >= 0.6 is 0 Å². The van der Waals surface area contributed by atoms with Crippen LogP contribution in [0.15, 0.2) is 29.4 Å². The molecule has 0 aliphatic carbocycles. The molecule has 1 aromatic heterocycles. The quantitative estimate of drug-likeness (QED) is 0.394. The first-order chi connectivity index (χ1) is 13.0. The number of nitrogens with zero attached hydrogens (tertiary/aromatic N) is 3. The third kappa shape index (κ3) is 4.84. The molecule has 0 N–H and O–H groups in total. The summed E-state index contributed by atoms with van der Waals surface area (Å²) in [5.41, 5.74) is 1.17.